The zero-order valence-corrected chi connectivity index (χ0v) is 15.0. The second-order valence-electron chi connectivity index (χ2n) is 7.42. The SMILES string of the molecule is CC(C)(C)n1nc(Cc2cccc3cccc(F)c23)c2c(N)ncnc21. The van der Waals surface area contributed by atoms with Crippen molar-refractivity contribution in [1.29, 1.82) is 0 Å². The number of aromatic nitrogens is 4. The summed E-state index contributed by atoms with van der Waals surface area (Å²) in [5, 5.41) is 6.98. The van der Waals surface area contributed by atoms with E-state index in [0.717, 1.165) is 22.0 Å². The van der Waals surface area contributed by atoms with E-state index in [2.05, 4.69) is 30.7 Å². The highest BCUT2D eigenvalue weighted by Crippen LogP contribution is 2.30. The lowest BCUT2D eigenvalue weighted by Crippen LogP contribution is -2.23. The van der Waals surface area contributed by atoms with E-state index in [1.54, 1.807) is 6.07 Å². The summed E-state index contributed by atoms with van der Waals surface area (Å²) >= 11 is 0. The van der Waals surface area contributed by atoms with Gasteiger partial charge in [-0.05, 0) is 37.8 Å². The fraction of sp³-hybridized carbons (Fsp3) is 0.250. The number of anilines is 1. The fourth-order valence-electron chi connectivity index (χ4n) is 3.33. The Morgan fingerprint density at radius 1 is 1.04 bits per heavy atom. The summed E-state index contributed by atoms with van der Waals surface area (Å²) < 4.78 is 16.3. The number of fused-ring (bicyclic) bond motifs is 2. The Kier molecular flexibility index (Phi) is 3.64. The van der Waals surface area contributed by atoms with Gasteiger partial charge in [0.1, 0.15) is 18.0 Å². The predicted molar refractivity (Wildman–Crippen MR) is 101 cm³/mol. The lowest BCUT2D eigenvalue weighted by atomic mass is 9.99. The molecule has 0 bridgehead atoms. The maximum atomic E-state index is 14.5. The summed E-state index contributed by atoms with van der Waals surface area (Å²) in [6.07, 6.45) is 1.90. The number of nitrogens with zero attached hydrogens (tertiary/aromatic N) is 4. The van der Waals surface area contributed by atoms with E-state index in [4.69, 9.17) is 10.8 Å². The van der Waals surface area contributed by atoms with Gasteiger partial charge in [-0.25, -0.2) is 19.0 Å². The minimum absolute atomic E-state index is 0.234. The molecule has 0 aliphatic rings. The predicted octanol–water partition coefficient (Wildman–Crippen LogP) is 4.05. The molecule has 0 aliphatic carbocycles. The number of benzene rings is 2. The van der Waals surface area contributed by atoms with Crippen LogP contribution >= 0.6 is 0 Å². The van der Waals surface area contributed by atoms with Crippen molar-refractivity contribution < 1.29 is 4.39 Å². The number of nitrogen functional groups attached to an aromatic ring is 1. The second kappa shape index (κ2) is 5.76. The van der Waals surface area contributed by atoms with Crippen molar-refractivity contribution in [2.75, 3.05) is 5.73 Å². The van der Waals surface area contributed by atoms with Crippen LogP contribution in [0.3, 0.4) is 0 Å². The molecule has 0 amide bonds. The van der Waals surface area contributed by atoms with Crippen molar-refractivity contribution in [1.82, 2.24) is 19.7 Å². The monoisotopic (exact) mass is 349 g/mol. The van der Waals surface area contributed by atoms with E-state index in [1.807, 2.05) is 28.9 Å². The van der Waals surface area contributed by atoms with Gasteiger partial charge >= 0.3 is 0 Å². The molecule has 0 radical (unpaired) electrons. The Morgan fingerprint density at radius 2 is 1.77 bits per heavy atom. The van der Waals surface area contributed by atoms with Crippen molar-refractivity contribution in [2.24, 2.45) is 0 Å². The molecule has 2 aromatic heterocycles. The maximum absolute atomic E-state index is 14.5. The third kappa shape index (κ3) is 2.58. The Labute approximate surface area is 150 Å². The molecule has 5 nitrogen and oxygen atoms in total. The van der Waals surface area contributed by atoms with Crippen LogP contribution in [0.25, 0.3) is 21.8 Å². The molecule has 4 rings (SSSR count). The average Bonchev–Trinajstić information content (AvgIpc) is 2.95. The molecule has 0 saturated carbocycles. The van der Waals surface area contributed by atoms with E-state index in [-0.39, 0.29) is 11.4 Å². The molecule has 2 aromatic carbocycles. The van der Waals surface area contributed by atoms with Gasteiger partial charge in [0, 0.05) is 11.8 Å². The average molecular weight is 349 g/mol. The summed E-state index contributed by atoms with van der Waals surface area (Å²) in [6, 6.07) is 10.9. The molecule has 0 saturated heterocycles. The molecule has 4 aromatic rings. The first-order valence-corrected chi connectivity index (χ1v) is 8.51. The van der Waals surface area contributed by atoms with Crippen LogP contribution in [0.1, 0.15) is 32.0 Å². The fourth-order valence-corrected chi connectivity index (χ4v) is 3.33. The molecule has 0 spiro atoms. The quantitative estimate of drug-likeness (QED) is 0.593. The Hall–Kier alpha value is -3.02. The van der Waals surface area contributed by atoms with Crippen molar-refractivity contribution in [3.05, 3.63) is 59.8 Å². The van der Waals surface area contributed by atoms with Gasteiger partial charge in [0.05, 0.1) is 16.6 Å². The van der Waals surface area contributed by atoms with Gasteiger partial charge < -0.3 is 5.73 Å². The van der Waals surface area contributed by atoms with Crippen LogP contribution in [0, 0.1) is 5.82 Å². The van der Waals surface area contributed by atoms with Gasteiger partial charge in [-0.1, -0.05) is 30.3 Å². The van der Waals surface area contributed by atoms with Crippen molar-refractivity contribution in [3.8, 4) is 0 Å². The standard InChI is InChI=1S/C20H20FN5/c1-20(2,3)26-19-17(18(22)23-11-24-19)15(25-26)10-13-8-4-6-12-7-5-9-14(21)16(12)13/h4-9,11H,10H2,1-3H3,(H2,22,23,24). The minimum atomic E-state index is -0.263. The Morgan fingerprint density at radius 3 is 2.50 bits per heavy atom. The Bertz CT molecular complexity index is 1120. The van der Waals surface area contributed by atoms with Gasteiger partial charge in [-0.2, -0.15) is 5.10 Å². The van der Waals surface area contributed by atoms with E-state index in [0.29, 0.717) is 23.3 Å². The zero-order chi connectivity index (χ0) is 18.5. The zero-order valence-electron chi connectivity index (χ0n) is 15.0. The molecule has 26 heavy (non-hydrogen) atoms. The number of rotatable bonds is 2. The minimum Gasteiger partial charge on any atom is -0.383 e. The highest BCUT2D eigenvalue weighted by molar-refractivity contribution is 5.90. The number of hydrogen-bond acceptors (Lipinski definition) is 4. The third-order valence-electron chi connectivity index (χ3n) is 4.50. The smallest absolute Gasteiger partial charge is 0.164 e. The molecule has 0 atom stereocenters. The van der Waals surface area contributed by atoms with Gasteiger partial charge in [-0.3, -0.25) is 0 Å². The molecular formula is C20H20FN5. The molecule has 0 aliphatic heterocycles. The summed E-state index contributed by atoms with van der Waals surface area (Å²) in [6.45, 7) is 6.16. The van der Waals surface area contributed by atoms with Crippen LogP contribution in [0.4, 0.5) is 10.2 Å². The topological polar surface area (TPSA) is 69.6 Å². The molecule has 2 N–H and O–H groups in total. The largest absolute Gasteiger partial charge is 0.383 e. The number of hydrogen-bond donors (Lipinski definition) is 1. The molecule has 0 fully saturated rings. The van der Waals surface area contributed by atoms with Crippen LogP contribution in [-0.4, -0.2) is 19.7 Å². The molecular weight excluding hydrogens is 329 g/mol. The van der Waals surface area contributed by atoms with Crippen LogP contribution in [0.5, 0.6) is 0 Å². The summed E-state index contributed by atoms with van der Waals surface area (Å²) in [5.41, 5.74) is 8.18. The lowest BCUT2D eigenvalue weighted by Gasteiger charge is -2.19. The van der Waals surface area contributed by atoms with Crippen molar-refractivity contribution >= 4 is 27.6 Å². The summed E-state index contributed by atoms with van der Waals surface area (Å²) in [5.74, 6) is 0.156. The normalized spacial score (nSPS) is 12.2. The van der Waals surface area contributed by atoms with Crippen LogP contribution in [0.2, 0.25) is 0 Å². The Balaban J connectivity index is 1.95. The van der Waals surface area contributed by atoms with Gasteiger partial charge in [-0.15, -0.1) is 0 Å². The van der Waals surface area contributed by atoms with E-state index in [1.165, 1.54) is 12.4 Å². The number of halogens is 1. The highest BCUT2D eigenvalue weighted by Gasteiger charge is 2.23. The van der Waals surface area contributed by atoms with Gasteiger partial charge in [0.15, 0.2) is 5.65 Å². The molecule has 2 heterocycles. The maximum Gasteiger partial charge on any atom is 0.164 e. The first-order valence-electron chi connectivity index (χ1n) is 8.51. The first-order chi connectivity index (χ1) is 12.4. The van der Waals surface area contributed by atoms with Gasteiger partial charge in [0.25, 0.3) is 0 Å². The summed E-state index contributed by atoms with van der Waals surface area (Å²) in [7, 11) is 0. The third-order valence-corrected chi connectivity index (χ3v) is 4.50. The summed E-state index contributed by atoms with van der Waals surface area (Å²) in [4.78, 5) is 8.51. The van der Waals surface area contributed by atoms with E-state index in [9.17, 15) is 4.39 Å². The molecule has 0 unspecified atom stereocenters. The number of nitrogens with two attached hydrogens (primary N) is 1. The van der Waals surface area contributed by atoms with Crippen LogP contribution < -0.4 is 5.73 Å². The van der Waals surface area contributed by atoms with Crippen molar-refractivity contribution in [3.63, 3.8) is 0 Å². The van der Waals surface area contributed by atoms with E-state index >= 15 is 0 Å². The van der Waals surface area contributed by atoms with Gasteiger partial charge in [0.2, 0.25) is 0 Å². The highest BCUT2D eigenvalue weighted by atomic mass is 19.1. The van der Waals surface area contributed by atoms with E-state index < -0.39 is 0 Å². The molecule has 6 heteroatoms. The van der Waals surface area contributed by atoms with Crippen molar-refractivity contribution in [2.45, 2.75) is 32.7 Å². The lowest BCUT2D eigenvalue weighted by molar-refractivity contribution is 0.363. The van der Waals surface area contributed by atoms with Crippen LogP contribution in [0.15, 0.2) is 42.7 Å². The second-order valence-corrected chi connectivity index (χ2v) is 7.42. The van der Waals surface area contributed by atoms with Crippen LogP contribution in [-0.2, 0) is 12.0 Å². The molecule has 132 valence electrons. The first kappa shape index (κ1) is 16.4.